The van der Waals surface area contributed by atoms with Gasteiger partial charge in [0, 0.05) is 0 Å². The molecule has 0 atom stereocenters. The zero-order valence-electron chi connectivity index (χ0n) is 7.51. The van der Waals surface area contributed by atoms with Crippen molar-refractivity contribution in [3.63, 3.8) is 0 Å². The lowest BCUT2D eigenvalue weighted by atomic mass is 10.2. The van der Waals surface area contributed by atoms with E-state index in [9.17, 15) is 5.11 Å². The van der Waals surface area contributed by atoms with Gasteiger partial charge in [-0.1, -0.05) is 6.07 Å². The minimum Gasteiger partial charge on any atom is -0.504 e. The normalized spacial score (nSPS) is 10.4. The lowest BCUT2D eigenvalue weighted by Gasteiger charge is -2.03. The van der Waals surface area contributed by atoms with Crippen LogP contribution in [0.2, 0.25) is 0 Å². The predicted molar refractivity (Wildman–Crippen MR) is 48.5 cm³/mol. The van der Waals surface area contributed by atoms with Crippen LogP contribution < -0.4 is 4.74 Å². The number of methoxy groups -OCH3 is 1. The summed E-state index contributed by atoms with van der Waals surface area (Å²) in [5.41, 5.74) is 0.733. The minimum atomic E-state index is 0.0592. The standard InChI is InChI=1S/C9H10O5/c1-12-9-6-7(2-3-8(9)10)4-5-13-14-11/h2-6,10-11H,1H3. The molecule has 0 amide bonds. The fourth-order valence-electron chi connectivity index (χ4n) is 0.929. The van der Waals surface area contributed by atoms with Gasteiger partial charge >= 0.3 is 0 Å². The SMILES string of the molecule is COc1cc(C=COOO)ccc1O. The molecule has 76 valence electrons. The number of ether oxygens (including phenoxy) is 1. The van der Waals surface area contributed by atoms with Gasteiger partial charge in [-0.15, -0.1) is 0 Å². The van der Waals surface area contributed by atoms with Crippen LogP contribution in [-0.2, 0) is 9.93 Å². The molecule has 1 aromatic carbocycles. The van der Waals surface area contributed by atoms with E-state index < -0.39 is 0 Å². The summed E-state index contributed by atoms with van der Waals surface area (Å²) >= 11 is 0. The molecule has 0 spiro atoms. The first-order valence-electron chi connectivity index (χ1n) is 3.78. The van der Waals surface area contributed by atoms with E-state index in [2.05, 4.69) is 9.93 Å². The third kappa shape index (κ3) is 2.65. The Morgan fingerprint density at radius 1 is 1.36 bits per heavy atom. The Labute approximate surface area is 80.6 Å². The van der Waals surface area contributed by atoms with E-state index >= 15 is 0 Å². The summed E-state index contributed by atoms with van der Waals surface area (Å²) in [5.74, 6) is 0.418. The molecule has 5 nitrogen and oxygen atoms in total. The Kier molecular flexibility index (Phi) is 3.78. The summed E-state index contributed by atoms with van der Waals surface area (Å²) in [4.78, 5) is 4.11. The van der Waals surface area contributed by atoms with E-state index in [1.807, 2.05) is 0 Å². The lowest BCUT2D eigenvalue weighted by Crippen LogP contribution is -1.84. The third-order valence-corrected chi connectivity index (χ3v) is 1.56. The van der Waals surface area contributed by atoms with E-state index in [0.717, 1.165) is 11.8 Å². The summed E-state index contributed by atoms with van der Waals surface area (Å²) in [6, 6.07) is 4.74. The summed E-state index contributed by atoms with van der Waals surface area (Å²) in [6.45, 7) is 0. The van der Waals surface area contributed by atoms with Crippen LogP contribution in [0.1, 0.15) is 5.56 Å². The van der Waals surface area contributed by atoms with Gasteiger partial charge in [0.05, 0.1) is 7.11 Å². The Balaban J connectivity index is 2.79. The highest BCUT2D eigenvalue weighted by molar-refractivity contribution is 5.54. The molecule has 0 saturated heterocycles. The molecule has 2 N–H and O–H groups in total. The van der Waals surface area contributed by atoms with Crippen molar-refractivity contribution in [3.8, 4) is 11.5 Å². The molecule has 0 fully saturated rings. The molecule has 0 aliphatic heterocycles. The van der Waals surface area contributed by atoms with Gasteiger partial charge in [0.1, 0.15) is 6.26 Å². The molecule has 0 saturated carbocycles. The van der Waals surface area contributed by atoms with Gasteiger partial charge in [0.15, 0.2) is 11.5 Å². The van der Waals surface area contributed by atoms with Crippen LogP contribution in [0.3, 0.4) is 0 Å². The first kappa shape index (κ1) is 10.4. The average Bonchev–Trinajstić information content (AvgIpc) is 2.21. The smallest absolute Gasteiger partial charge is 0.161 e. The molecule has 0 aromatic heterocycles. The maximum atomic E-state index is 9.26. The van der Waals surface area contributed by atoms with Crippen molar-refractivity contribution in [2.75, 3.05) is 7.11 Å². The van der Waals surface area contributed by atoms with Gasteiger partial charge in [-0.05, 0) is 28.8 Å². The number of phenols is 1. The molecule has 0 aliphatic carbocycles. The molecule has 1 rings (SSSR count). The van der Waals surface area contributed by atoms with Gasteiger partial charge in [-0.2, -0.15) is 0 Å². The Morgan fingerprint density at radius 2 is 2.14 bits per heavy atom. The number of hydrogen-bond acceptors (Lipinski definition) is 5. The van der Waals surface area contributed by atoms with Crippen molar-refractivity contribution in [2.24, 2.45) is 0 Å². The minimum absolute atomic E-state index is 0.0592. The summed E-state index contributed by atoms with van der Waals surface area (Å²) in [7, 11) is 1.45. The third-order valence-electron chi connectivity index (χ3n) is 1.56. The molecule has 1 aromatic rings. The topological polar surface area (TPSA) is 68.2 Å². The Morgan fingerprint density at radius 3 is 2.79 bits per heavy atom. The van der Waals surface area contributed by atoms with Crippen LogP contribution in [0.4, 0.5) is 0 Å². The average molecular weight is 198 g/mol. The molecule has 0 unspecified atom stereocenters. The summed E-state index contributed by atoms with van der Waals surface area (Å²) in [6.07, 6.45) is 2.67. The van der Waals surface area contributed by atoms with Crippen molar-refractivity contribution in [2.45, 2.75) is 0 Å². The highest BCUT2D eigenvalue weighted by Gasteiger charge is 1.99. The molecule has 0 radical (unpaired) electrons. The zero-order valence-corrected chi connectivity index (χ0v) is 7.51. The second kappa shape index (κ2) is 5.11. The predicted octanol–water partition coefficient (Wildman–Crippen LogP) is 1.79. The quantitative estimate of drug-likeness (QED) is 0.438. The van der Waals surface area contributed by atoms with Crippen LogP contribution >= 0.6 is 0 Å². The van der Waals surface area contributed by atoms with Crippen molar-refractivity contribution in [3.05, 3.63) is 30.0 Å². The number of benzene rings is 1. The Bertz CT molecular complexity index is 321. The van der Waals surface area contributed by atoms with Crippen LogP contribution in [-0.4, -0.2) is 17.5 Å². The van der Waals surface area contributed by atoms with E-state index in [4.69, 9.17) is 9.99 Å². The van der Waals surface area contributed by atoms with Crippen molar-refractivity contribution >= 4 is 6.08 Å². The van der Waals surface area contributed by atoms with Gasteiger partial charge in [0.25, 0.3) is 0 Å². The monoisotopic (exact) mass is 198 g/mol. The zero-order chi connectivity index (χ0) is 10.4. The van der Waals surface area contributed by atoms with Crippen LogP contribution in [0.5, 0.6) is 11.5 Å². The number of hydrogen-bond donors (Lipinski definition) is 2. The number of phenolic OH excluding ortho intramolecular Hbond substituents is 1. The first-order chi connectivity index (χ1) is 6.77. The fraction of sp³-hybridized carbons (Fsp3) is 0.111. The van der Waals surface area contributed by atoms with E-state index in [-0.39, 0.29) is 5.75 Å². The largest absolute Gasteiger partial charge is 0.504 e. The molecule has 5 heteroatoms. The second-order valence-electron chi connectivity index (χ2n) is 2.40. The Hall–Kier alpha value is -1.72. The maximum Gasteiger partial charge on any atom is 0.161 e. The molecule has 0 bridgehead atoms. The van der Waals surface area contributed by atoms with Gasteiger partial charge < -0.3 is 14.7 Å². The van der Waals surface area contributed by atoms with Gasteiger partial charge in [-0.3, -0.25) is 0 Å². The maximum absolute atomic E-state index is 9.26. The number of aromatic hydroxyl groups is 1. The molecule has 0 aliphatic rings. The fourth-order valence-corrected chi connectivity index (χ4v) is 0.929. The second-order valence-corrected chi connectivity index (χ2v) is 2.40. The van der Waals surface area contributed by atoms with E-state index in [1.54, 1.807) is 12.1 Å². The van der Waals surface area contributed by atoms with Crippen molar-refractivity contribution < 1.29 is 25.0 Å². The van der Waals surface area contributed by atoms with Crippen molar-refractivity contribution in [1.29, 1.82) is 0 Å². The van der Waals surface area contributed by atoms with Crippen LogP contribution in [0.25, 0.3) is 6.08 Å². The highest BCUT2D eigenvalue weighted by atomic mass is 17.5. The van der Waals surface area contributed by atoms with E-state index in [0.29, 0.717) is 5.75 Å². The van der Waals surface area contributed by atoms with E-state index in [1.165, 1.54) is 19.3 Å². The molecule has 14 heavy (non-hydrogen) atoms. The summed E-state index contributed by atoms with van der Waals surface area (Å²) < 4.78 is 4.89. The number of rotatable bonds is 4. The van der Waals surface area contributed by atoms with Crippen LogP contribution in [0.15, 0.2) is 24.5 Å². The lowest BCUT2D eigenvalue weighted by molar-refractivity contribution is -0.465. The molecule has 0 heterocycles. The first-order valence-corrected chi connectivity index (χ1v) is 3.78. The van der Waals surface area contributed by atoms with Gasteiger partial charge in [-0.25, -0.2) is 5.26 Å². The summed E-state index contributed by atoms with van der Waals surface area (Å²) in [5, 5.41) is 20.5. The van der Waals surface area contributed by atoms with Crippen molar-refractivity contribution in [1.82, 2.24) is 0 Å². The van der Waals surface area contributed by atoms with Crippen LogP contribution in [0, 0.1) is 0 Å². The molecular formula is C9H10O5. The van der Waals surface area contributed by atoms with Gasteiger partial charge in [0.2, 0.25) is 0 Å². The highest BCUT2D eigenvalue weighted by Crippen LogP contribution is 2.26. The molecular weight excluding hydrogens is 188 g/mol.